The van der Waals surface area contributed by atoms with Crippen LogP contribution in [0.4, 0.5) is 0 Å². The van der Waals surface area contributed by atoms with Crippen molar-refractivity contribution in [2.45, 2.75) is 45.6 Å². The third-order valence-corrected chi connectivity index (χ3v) is 4.87. The highest BCUT2D eigenvalue weighted by molar-refractivity contribution is 7.07. The molecule has 1 fully saturated rings. The summed E-state index contributed by atoms with van der Waals surface area (Å²) in [5.41, 5.74) is 1.36. The second-order valence-corrected chi connectivity index (χ2v) is 6.70. The van der Waals surface area contributed by atoms with Gasteiger partial charge in [-0.3, -0.25) is 4.79 Å². The van der Waals surface area contributed by atoms with Gasteiger partial charge in [0, 0.05) is 25.4 Å². The van der Waals surface area contributed by atoms with Gasteiger partial charge in [-0.1, -0.05) is 19.8 Å². The van der Waals surface area contributed by atoms with Crippen molar-refractivity contribution in [3.05, 3.63) is 22.4 Å². The topological polar surface area (TPSA) is 20.3 Å². The third-order valence-electron chi connectivity index (χ3n) is 4.13. The second-order valence-electron chi connectivity index (χ2n) is 5.92. The van der Waals surface area contributed by atoms with Crippen LogP contribution in [0.5, 0.6) is 0 Å². The van der Waals surface area contributed by atoms with E-state index in [1.807, 2.05) is 0 Å². The molecule has 2 nitrogen and oxygen atoms in total. The normalized spacial score (nSPS) is 24.1. The van der Waals surface area contributed by atoms with Gasteiger partial charge in [-0.25, -0.2) is 0 Å². The van der Waals surface area contributed by atoms with E-state index in [0.29, 0.717) is 5.78 Å². The maximum Gasteiger partial charge on any atom is 0.137 e. The smallest absolute Gasteiger partial charge is 0.137 e. The fourth-order valence-corrected chi connectivity index (χ4v) is 3.84. The summed E-state index contributed by atoms with van der Waals surface area (Å²) in [5.74, 6) is 1.54. The van der Waals surface area contributed by atoms with Gasteiger partial charge in [0.2, 0.25) is 0 Å². The minimum Gasteiger partial charge on any atom is -0.301 e. The van der Waals surface area contributed by atoms with E-state index in [1.165, 1.54) is 18.4 Å². The summed E-state index contributed by atoms with van der Waals surface area (Å²) < 4.78 is 0. The Hall–Kier alpha value is -0.670. The highest BCUT2D eigenvalue weighted by Crippen LogP contribution is 2.30. The van der Waals surface area contributed by atoms with Crippen molar-refractivity contribution in [3.63, 3.8) is 0 Å². The van der Waals surface area contributed by atoms with Crippen LogP contribution in [0.15, 0.2) is 16.8 Å². The first-order valence-corrected chi connectivity index (χ1v) is 8.35. The Labute approximate surface area is 120 Å². The van der Waals surface area contributed by atoms with E-state index in [4.69, 9.17) is 0 Å². The van der Waals surface area contributed by atoms with Gasteiger partial charge >= 0.3 is 0 Å². The van der Waals surface area contributed by atoms with E-state index in [-0.39, 0.29) is 5.92 Å². The molecule has 1 heterocycles. The largest absolute Gasteiger partial charge is 0.301 e. The Morgan fingerprint density at radius 3 is 3.00 bits per heavy atom. The van der Waals surface area contributed by atoms with Gasteiger partial charge in [0.1, 0.15) is 5.78 Å². The van der Waals surface area contributed by atoms with Crippen LogP contribution in [0.2, 0.25) is 0 Å². The van der Waals surface area contributed by atoms with E-state index in [1.54, 1.807) is 11.3 Å². The van der Waals surface area contributed by atoms with E-state index in [9.17, 15) is 4.79 Å². The molecule has 0 radical (unpaired) electrons. The Kier molecular flexibility index (Phi) is 5.59. The predicted octanol–water partition coefficient (Wildman–Crippen LogP) is 3.97. The molecule has 2 rings (SSSR count). The first-order valence-electron chi connectivity index (χ1n) is 7.41. The Morgan fingerprint density at radius 1 is 1.47 bits per heavy atom. The molecule has 0 aliphatic heterocycles. The Morgan fingerprint density at radius 2 is 2.32 bits per heavy atom. The molecule has 19 heavy (non-hydrogen) atoms. The zero-order valence-electron chi connectivity index (χ0n) is 12.1. The number of nitrogens with zero attached hydrogens (tertiary/aromatic N) is 1. The number of carbonyl (C=O) groups is 1. The van der Waals surface area contributed by atoms with Crippen molar-refractivity contribution in [3.8, 4) is 0 Å². The molecule has 1 aromatic heterocycles. The number of Topliss-reactive ketones (excluding diaryl/α,β-unsaturated/α-hetero) is 1. The number of carbonyl (C=O) groups excluding carboxylic acids is 1. The van der Waals surface area contributed by atoms with Crippen LogP contribution in [0.3, 0.4) is 0 Å². The highest BCUT2D eigenvalue weighted by atomic mass is 32.1. The molecule has 2 unspecified atom stereocenters. The Balaban J connectivity index is 1.83. The molecule has 0 aromatic carbocycles. The quantitative estimate of drug-likeness (QED) is 0.785. The monoisotopic (exact) mass is 279 g/mol. The van der Waals surface area contributed by atoms with Gasteiger partial charge in [0.15, 0.2) is 0 Å². The lowest BCUT2D eigenvalue weighted by Gasteiger charge is -2.30. The predicted molar refractivity (Wildman–Crippen MR) is 81.4 cm³/mol. The molecule has 0 N–H and O–H groups in total. The van der Waals surface area contributed by atoms with Crippen LogP contribution in [0.1, 0.15) is 44.6 Å². The van der Waals surface area contributed by atoms with Crippen molar-refractivity contribution in [1.29, 1.82) is 0 Å². The molecule has 0 amide bonds. The fourth-order valence-electron chi connectivity index (χ4n) is 3.18. The summed E-state index contributed by atoms with van der Waals surface area (Å²) in [6.07, 6.45) is 5.58. The number of thiophene rings is 1. The maximum absolute atomic E-state index is 12.1. The highest BCUT2D eigenvalue weighted by Gasteiger charge is 2.28. The van der Waals surface area contributed by atoms with Crippen molar-refractivity contribution in [1.82, 2.24) is 4.90 Å². The Bertz CT molecular complexity index is 387. The van der Waals surface area contributed by atoms with E-state index in [0.717, 1.165) is 38.3 Å². The van der Waals surface area contributed by atoms with Gasteiger partial charge in [-0.05, 0) is 48.2 Å². The molecular formula is C16H25NOS. The van der Waals surface area contributed by atoms with Gasteiger partial charge in [-0.2, -0.15) is 11.3 Å². The first-order chi connectivity index (χ1) is 9.19. The number of hydrogen-bond acceptors (Lipinski definition) is 3. The van der Waals surface area contributed by atoms with Gasteiger partial charge in [0.05, 0.1) is 0 Å². The first kappa shape index (κ1) is 14.7. The van der Waals surface area contributed by atoms with E-state index >= 15 is 0 Å². The standard InChI is InChI=1S/C16H25NOS/c1-3-4-13-5-6-16(18)15(9-13)11-17(2)10-14-7-8-19-12-14/h7-8,12-13,15H,3-6,9-11H2,1-2H3. The van der Waals surface area contributed by atoms with Gasteiger partial charge in [0.25, 0.3) is 0 Å². The molecule has 1 aliphatic rings. The summed E-state index contributed by atoms with van der Waals surface area (Å²) in [5, 5.41) is 4.31. The molecule has 0 saturated heterocycles. The van der Waals surface area contributed by atoms with Crippen LogP contribution >= 0.6 is 11.3 Å². The summed E-state index contributed by atoms with van der Waals surface area (Å²) in [7, 11) is 2.13. The summed E-state index contributed by atoms with van der Waals surface area (Å²) in [4.78, 5) is 14.4. The average molecular weight is 279 g/mol. The summed E-state index contributed by atoms with van der Waals surface area (Å²) in [6.45, 7) is 4.13. The van der Waals surface area contributed by atoms with Crippen molar-refractivity contribution < 1.29 is 4.79 Å². The average Bonchev–Trinajstić information content (AvgIpc) is 2.86. The van der Waals surface area contributed by atoms with Crippen molar-refractivity contribution in [2.75, 3.05) is 13.6 Å². The minimum absolute atomic E-state index is 0.272. The number of ketones is 1. The van der Waals surface area contributed by atoms with Gasteiger partial charge < -0.3 is 4.90 Å². The van der Waals surface area contributed by atoms with Gasteiger partial charge in [-0.15, -0.1) is 0 Å². The van der Waals surface area contributed by atoms with Crippen LogP contribution in [-0.2, 0) is 11.3 Å². The molecule has 0 bridgehead atoms. The minimum atomic E-state index is 0.272. The molecule has 3 heteroatoms. The lowest BCUT2D eigenvalue weighted by Crippen LogP contribution is -2.34. The molecule has 1 aliphatic carbocycles. The molecule has 2 atom stereocenters. The van der Waals surface area contributed by atoms with Crippen LogP contribution in [0.25, 0.3) is 0 Å². The zero-order chi connectivity index (χ0) is 13.7. The molecule has 1 aromatic rings. The third kappa shape index (κ3) is 4.43. The zero-order valence-corrected chi connectivity index (χ0v) is 12.9. The van der Waals surface area contributed by atoms with Crippen molar-refractivity contribution >= 4 is 17.1 Å². The molecule has 0 spiro atoms. The maximum atomic E-state index is 12.1. The van der Waals surface area contributed by atoms with E-state index in [2.05, 4.69) is 35.7 Å². The van der Waals surface area contributed by atoms with Crippen molar-refractivity contribution in [2.24, 2.45) is 11.8 Å². The van der Waals surface area contributed by atoms with Crippen LogP contribution in [-0.4, -0.2) is 24.3 Å². The van der Waals surface area contributed by atoms with E-state index < -0.39 is 0 Å². The number of rotatable bonds is 6. The summed E-state index contributed by atoms with van der Waals surface area (Å²) >= 11 is 1.74. The lowest BCUT2D eigenvalue weighted by molar-refractivity contribution is -0.126. The van der Waals surface area contributed by atoms with Crippen LogP contribution < -0.4 is 0 Å². The van der Waals surface area contributed by atoms with Crippen LogP contribution in [0, 0.1) is 11.8 Å². The fraction of sp³-hybridized carbons (Fsp3) is 0.688. The second kappa shape index (κ2) is 7.20. The number of hydrogen-bond donors (Lipinski definition) is 0. The SMILES string of the molecule is CCCC1CCC(=O)C(CN(C)Cc2ccsc2)C1. The summed E-state index contributed by atoms with van der Waals surface area (Å²) in [6, 6.07) is 2.17. The molecule has 106 valence electrons. The molecular weight excluding hydrogens is 254 g/mol. The molecule has 1 saturated carbocycles. The lowest BCUT2D eigenvalue weighted by atomic mass is 9.78.